The fraction of sp³-hybridized carbons (Fsp3) is 0.609. The maximum absolute atomic E-state index is 5.27. The molecule has 3 aliphatic rings. The molecule has 4 heteroatoms. The van der Waals surface area contributed by atoms with E-state index in [9.17, 15) is 0 Å². The van der Waals surface area contributed by atoms with Gasteiger partial charge in [0, 0.05) is 11.5 Å². The molecule has 0 saturated carbocycles. The Bertz CT molecular complexity index is 539. The van der Waals surface area contributed by atoms with Crippen molar-refractivity contribution in [1.29, 1.82) is 0 Å². The summed E-state index contributed by atoms with van der Waals surface area (Å²) >= 11 is 0. The number of hydrogen-bond donors (Lipinski definition) is 0. The summed E-state index contributed by atoms with van der Waals surface area (Å²) in [6.45, 7) is 14.1. The average molecular weight is 466 g/mol. The van der Waals surface area contributed by atoms with Crippen LogP contribution < -0.4 is 0 Å². The Morgan fingerprint density at radius 2 is 1.67 bits per heavy atom. The van der Waals surface area contributed by atoms with E-state index in [4.69, 9.17) is 4.98 Å². The van der Waals surface area contributed by atoms with Crippen LogP contribution in [0, 0.1) is 27.7 Å². The third-order valence-electron chi connectivity index (χ3n) is 5.58. The SMILES string of the molecule is CC(C)(C)[N-][Si](C)(C)C1=CC(N2CCCC2)C2(C=CC=CC2)C1.[CH3-].[CH3-].[CH3-].[Zr+4]. The van der Waals surface area contributed by atoms with Gasteiger partial charge in [-0.1, -0.05) is 64.2 Å². The van der Waals surface area contributed by atoms with E-state index in [0.29, 0.717) is 11.5 Å². The van der Waals surface area contributed by atoms with Crippen molar-refractivity contribution in [3.63, 3.8) is 0 Å². The summed E-state index contributed by atoms with van der Waals surface area (Å²) in [6.07, 6.45) is 17.1. The third kappa shape index (κ3) is 6.63. The molecule has 0 aromatic carbocycles. The van der Waals surface area contributed by atoms with Crippen molar-refractivity contribution in [2.24, 2.45) is 5.41 Å². The van der Waals surface area contributed by atoms with Gasteiger partial charge in [0.2, 0.25) is 0 Å². The Morgan fingerprint density at radius 1 is 1.07 bits per heavy atom. The summed E-state index contributed by atoms with van der Waals surface area (Å²) in [5, 5.41) is 1.67. The maximum Gasteiger partial charge on any atom is 4.00 e. The molecule has 2 aliphatic carbocycles. The van der Waals surface area contributed by atoms with Crippen LogP contribution in [0.15, 0.2) is 35.6 Å². The zero-order chi connectivity index (χ0) is 16.7. The van der Waals surface area contributed by atoms with E-state index < -0.39 is 8.24 Å². The smallest absolute Gasteiger partial charge is 0.656 e. The van der Waals surface area contributed by atoms with Crippen molar-refractivity contribution < 1.29 is 26.2 Å². The minimum Gasteiger partial charge on any atom is -0.656 e. The molecule has 0 N–H and O–H groups in total. The van der Waals surface area contributed by atoms with Crippen molar-refractivity contribution in [3.8, 4) is 0 Å². The van der Waals surface area contributed by atoms with Crippen LogP contribution in [0.2, 0.25) is 13.1 Å². The van der Waals surface area contributed by atoms with E-state index in [1.165, 1.54) is 38.8 Å². The Hall–Kier alpha value is 0.240. The molecule has 2 unspecified atom stereocenters. The van der Waals surface area contributed by atoms with Crippen LogP contribution >= 0.6 is 0 Å². The zero-order valence-corrected chi connectivity index (χ0v) is 22.6. The van der Waals surface area contributed by atoms with Gasteiger partial charge in [0.25, 0.3) is 0 Å². The second-order valence-corrected chi connectivity index (χ2v) is 13.1. The number of allylic oxidation sites excluding steroid dienone is 4. The van der Waals surface area contributed by atoms with Gasteiger partial charge < -0.3 is 27.3 Å². The van der Waals surface area contributed by atoms with Crippen molar-refractivity contribution in [3.05, 3.63) is 62.8 Å². The standard InChI is InChI=1S/C20H33N2Si.3CH3.Zr/c1-19(2,3)21-23(4,5)17-15-18(22-13-9-10-14-22)20(16-17)11-7-6-8-12-20;;;;/h6-8,11,15,18H,9-10,12-14,16H2,1-5H3;3*1H3;/q4*-1;+4. The van der Waals surface area contributed by atoms with E-state index >= 15 is 0 Å². The van der Waals surface area contributed by atoms with Crippen LogP contribution in [0.1, 0.15) is 46.5 Å². The van der Waals surface area contributed by atoms with E-state index in [-0.39, 0.29) is 54.0 Å². The van der Waals surface area contributed by atoms with Crippen molar-refractivity contribution in [2.75, 3.05) is 13.1 Å². The maximum atomic E-state index is 5.27. The number of nitrogens with zero attached hydrogens (tertiary/aromatic N) is 2. The topological polar surface area (TPSA) is 17.3 Å². The van der Waals surface area contributed by atoms with Crippen LogP contribution in [0.5, 0.6) is 0 Å². The number of hydrogen-bond acceptors (Lipinski definition) is 1. The molecule has 0 bridgehead atoms. The first kappa shape index (κ1) is 29.4. The summed E-state index contributed by atoms with van der Waals surface area (Å²) in [5.74, 6) is 0. The van der Waals surface area contributed by atoms with Gasteiger partial charge in [-0.2, -0.15) is 0 Å². The molecule has 27 heavy (non-hydrogen) atoms. The molecule has 0 amide bonds. The monoisotopic (exact) mass is 464 g/mol. The molecule has 3 rings (SSSR count). The summed E-state index contributed by atoms with van der Waals surface area (Å²) < 4.78 is 0. The summed E-state index contributed by atoms with van der Waals surface area (Å²) in [4.78, 5) is 8.01. The van der Waals surface area contributed by atoms with Crippen LogP contribution in [0.4, 0.5) is 0 Å². The fourth-order valence-corrected chi connectivity index (χ4v) is 7.87. The van der Waals surface area contributed by atoms with Crippen molar-refractivity contribution >= 4 is 8.24 Å². The third-order valence-corrected chi connectivity index (χ3v) is 8.72. The first-order valence-electron chi connectivity index (χ1n) is 9.26. The second kappa shape index (κ2) is 10.9. The molecule has 2 nitrogen and oxygen atoms in total. The van der Waals surface area contributed by atoms with E-state index in [0.717, 1.165) is 0 Å². The van der Waals surface area contributed by atoms with E-state index in [2.05, 4.69) is 69.1 Å². The predicted octanol–water partition coefficient (Wildman–Crippen LogP) is 6.55. The average Bonchev–Trinajstić information content (AvgIpc) is 3.05. The van der Waals surface area contributed by atoms with E-state index in [1.54, 1.807) is 5.20 Å². The quantitative estimate of drug-likeness (QED) is 0.341. The fourth-order valence-electron chi connectivity index (χ4n) is 4.73. The molecule has 1 spiro atoms. The summed E-state index contributed by atoms with van der Waals surface area (Å²) in [6, 6.07) is 0.586. The molecule has 1 fully saturated rings. The Kier molecular flexibility index (Phi) is 11.8. The second-order valence-electron chi connectivity index (χ2n) is 9.12. The van der Waals surface area contributed by atoms with Gasteiger partial charge in [0.15, 0.2) is 0 Å². The molecule has 0 radical (unpaired) electrons. The van der Waals surface area contributed by atoms with Gasteiger partial charge in [-0.05, 0) is 47.0 Å². The summed E-state index contributed by atoms with van der Waals surface area (Å²) in [7, 11) is -1.71. The van der Waals surface area contributed by atoms with Gasteiger partial charge in [-0.3, -0.25) is 4.90 Å². The molecule has 1 heterocycles. The van der Waals surface area contributed by atoms with Gasteiger partial charge >= 0.3 is 26.2 Å². The Labute approximate surface area is 191 Å². The minimum absolute atomic E-state index is 0. The predicted molar refractivity (Wildman–Crippen MR) is 122 cm³/mol. The van der Waals surface area contributed by atoms with Crippen LogP contribution in [0.3, 0.4) is 0 Å². The normalized spacial score (nSPS) is 27.3. The molecule has 152 valence electrons. The van der Waals surface area contributed by atoms with Gasteiger partial charge in [-0.15, -0.1) is 10.7 Å². The number of likely N-dealkylation sites (tertiary alicyclic amines) is 1. The molecule has 0 aromatic rings. The number of rotatable bonds is 3. The van der Waals surface area contributed by atoms with Crippen molar-refractivity contribution in [1.82, 2.24) is 4.90 Å². The molecule has 0 aromatic heterocycles. The van der Waals surface area contributed by atoms with Crippen molar-refractivity contribution in [2.45, 2.75) is 71.1 Å². The molecular formula is C23H42N2SiZr. The van der Waals surface area contributed by atoms with Crippen LogP contribution in [0.25, 0.3) is 4.98 Å². The Morgan fingerprint density at radius 3 is 2.15 bits per heavy atom. The minimum atomic E-state index is -1.71. The van der Waals surface area contributed by atoms with Gasteiger partial charge in [0.05, 0.1) is 0 Å². The molecule has 2 atom stereocenters. The van der Waals surface area contributed by atoms with Gasteiger partial charge in [0.1, 0.15) is 0 Å². The first-order chi connectivity index (χ1) is 10.7. The van der Waals surface area contributed by atoms with Gasteiger partial charge in [-0.25, -0.2) is 0 Å². The van der Waals surface area contributed by atoms with Crippen LogP contribution in [-0.4, -0.2) is 37.8 Å². The largest absolute Gasteiger partial charge is 4.00 e. The molecular weight excluding hydrogens is 424 g/mol. The zero-order valence-electron chi connectivity index (χ0n) is 19.1. The molecule has 1 saturated heterocycles. The molecule has 1 aliphatic heterocycles. The first-order valence-corrected chi connectivity index (χ1v) is 12.2. The summed E-state index contributed by atoms with van der Waals surface area (Å²) in [5.41, 5.74) is 0.365. The Balaban J connectivity index is 0. The van der Waals surface area contributed by atoms with Crippen LogP contribution in [-0.2, 0) is 26.2 Å². The van der Waals surface area contributed by atoms with E-state index in [1.807, 2.05) is 0 Å².